The van der Waals surface area contributed by atoms with Crippen LogP contribution in [0, 0.1) is 0 Å². The van der Waals surface area contributed by atoms with Gasteiger partial charge in [-0.2, -0.15) is 0 Å². The number of hydrogen-bond acceptors (Lipinski definition) is 3. The minimum absolute atomic E-state index is 0. The van der Waals surface area contributed by atoms with Crippen LogP contribution in [0.2, 0.25) is 5.02 Å². The van der Waals surface area contributed by atoms with Gasteiger partial charge in [0.25, 0.3) is 0 Å². The Labute approximate surface area is 122 Å². The molecule has 1 unspecified atom stereocenters. The van der Waals surface area contributed by atoms with Crippen LogP contribution in [0.4, 0.5) is 0 Å². The summed E-state index contributed by atoms with van der Waals surface area (Å²) >= 11 is 7.56. The van der Waals surface area contributed by atoms with Gasteiger partial charge in [0, 0.05) is 23.2 Å². The molecule has 1 heterocycles. The fourth-order valence-electron chi connectivity index (χ4n) is 1.67. The van der Waals surface area contributed by atoms with E-state index in [0.29, 0.717) is 6.54 Å². The summed E-state index contributed by atoms with van der Waals surface area (Å²) in [6.07, 6.45) is 0.836. The number of carbonyl (C=O) groups excluding carboxylic acids is 1. The first-order chi connectivity index (χ1) is 8.25. The predicted octanol–water partition coefficient (Wildman–Crippen LogP) is 2.08. The Balaban J connectivity index is 0.00000162. The molecule has 1 aromatic rings. The van der Waals surface area contributed by atoms with Crippen molar-refractivity contribution in [1.29, 1.82) is 0 Å². The second kappa shape index (κ2) is 7.89. The monoisotopic (exact) mass is 306 g/mol. The summed E-state index contributed by atoms with van der Waals surface area (Å²) in [5.74, 6) is 1.84. The zero-order valence-corrected chi connectivity index (χ0v) is 12.2. The van der Waals surface area contributed by atoms with Gasteiger partial charge >= 0.3 is 0 Å². The van der Waals surface area contributed by atoms with E-state index < -0.39 is 0 Å². The number of carbonyl (C=O) groups is 1. The summed E-state index contributed by atoms with van der Waals surface area (Å²) in [5.41, 5.74) is 1.18. The summed E-state index contributed by atoms with van der Waals surface area (Å²) in [6, 6.07) is 7.68. The third-order valence-corrected chi connectivity index (χ3v) is 3.85. The average molecular weight is 307 g/mol. The van der Waals surface area contributed by atoms with Crippen molar-refractivity contribution < 1.29 is 4.79 Å². The van der Waals surface area contributed by atoms with Crippen LogP contribution >= 0.6 is 35.8 Å². The molecule has 2 rings (SSSR count). The van der Waals surface area contributed by atoms with Crippen molar-refractivity contribution in [3.05, 3.63) is 34.9 Å². The van der Waals surface area contributed by atoms with Crippen molar-refractivity contribution in [2.45, 2.75) is 12.5 Å². The lowest BCUT2D eigenvalue weighted by molar-refractivity contribution is -0.122. The minimum Gasteiger partial charge on any atom is -0.354 e. The van der Waals surface area contributed by atoms with E-state index in [2.05, 4.69) is 10.6 Å². The summed E-state index contributed by atoms with van der Waals surface area (Å²) in [7, 11) is 0. The zero-order valence-electron chi connectivity index (χ0n) is 9.82. The molecular weight excluding hydrogens is 291 g/mol. The van der Waals surface area contributed by atoms with Crippen LogP contribution in [-0.2, 0) is 11.2 Å². The van der Waals surface area contributed by atoms with E-state index in [1.165, 1.54) is 5.56 Å². The van der Waals surface area contributed by atoms with Gasteiger partial charge < -0.3 is 5.32 Å². The third kappa shape index (κ3) is 4.69. The first-order valence-electron chi connectivity index (χ1n) is 5.59. The van der Waals surface area contributed by atoms with Crippen LogP contribution in [0.15, 0.2) is 24.3 Å². The van der Waals surface area contributed by atoms with Crippen LogP contribution in [0.1, 0.15) is 5.56 Å². The summed E-state index contributed by atoms with van der Waals surface area (Å²) in [6.45, 7) is 0.670. The number of rotatable bonds is 4. The van der Waals surface area contributed by atoms with Crippen molar-refractivity contribution in [1.82, 2.24) is 10.6 Å². The second-order valence-corrected chi connectivity index (χ2v) is 5.41. The second-order valence-electron chi connectivity index (χ2n) is 3.94. The molecule has 3 nitrogen and oxygen atoms in total. The van der Waals surface area contributed by atoms with Crippen LogP contribution in [0.5, 0.6) is 0 Å². The SMILES string of the molecule is Cl.O=C(NCCc1ccc(Cl)cc1)C1CSCN1. The largest absolute Gasteiger partial charge is 0.354 e. The Morgan fingerprint density at radius 3 is 2.78 bits per heavy atom. The highest BCUT2D eigenvalue weighted by atomic mass is 35.5. The number of thioether (sulfide) groups is 1. The number of hydrogen-bond donors (Lipinski definition) is 2. The maximum absolute atomic E-state index is 11.7. The van der Waals surface area contributed by atoms with Crippen LogP contribution in [0.3, 0.4) is 0 Å². The highest BCUT2D eigenvalue weighted by Crippen LogP contribution is 2.10. The predicted molar refractivity (Wildman–Crippen MR) is 79.7 cm³/mol. The van der Waals surface area contributed by atoms with Crippen molar-refractivity contribution in [3.8, 4) is 0 Å². The molecule has 2 N–H and O–H groups in total. The molecule has 1 amide bonds. The van der Waals surface area contributed by atoms with Crippen molar-refractivity contribution in [3.63, 3.8) is 0 Å². The van der Waals surface area contributed by atoms with Gasteiger partial charge in [0.1, 0.15) is 0 Å². The van der Waals surface area contributed by atoms with Gasteiger partial charge in [-0.25, -0.2) is 0 Å². The molecule has 0 bridgehead atoms. The van der Waals surface area contributed by atoms with Crippen LogP contribution in [0.25, 0.3) is 0 Å². The molecule has 1 aliphatic heterocycles. The van der Waals surface area contributed by atoms with Gasteiger partial charge in [-0.05, 0) is 24.1 Å². The van der Waals surface area contributed by atoms with Crippen molar-refractivity contribution in [2.75, 3.05) is 18.2 Å². The van der Waals surface area contributed by atoms with Crippen LogP contribution in [-0.4, -0.2) is 30.1 Å². The molecule has 1 atom stereocenters. The molecule has 1 aliphatic rings. The van der Waals surface area contributed by atoms with Gasteiger partial charge in [-0.3, -0.25) is 10.1 Å². The van der Waals surface area contributed by atoms with Gasteiger partial charge in [-0.15, -0.1) is 24.2 Å². The first kappa shape index (κ1) is 15.6. The van der Waals surface area contributed by atoms with Gasteiger partial charge in [0.2, 0.25) is 5.91 Å². The Morgan fingerprint density at radius 2 is 2.17 bits per heavy atom. The smallest absolute Gasteiger partial charge is 0.238 e. The summed E-state index contributed by atoms with van der Waals surface area (Å²) in [4.78, 5) is 11.7. The maximum Gasteiger partial charge on any atom is 0.238 e. The molecule has 18 heavy (non-hydrogen) atoms. The van der Waals surface area contributed by atoms with Gasteiger partial charge in [0.05, 0.1) is 6.04 Å². The topological polar surface area (TPSA) is 41.1 Å². The van der Waals surface area contributed by atoms with E-state index in [4.69, 9.17) is 11.6 Å². The quantitative estimate of drug-likeness (QED) is 0.895. The lowest BCUT2D eigenvalue weighted by Crippen LogP contribution is -2.42. The van der Waals surface area contributed by atoms with E-state index in [1.807, 2.05) is 24.3 Å². The van der Waals surface area contributed by atoms with E-state index in [9.17, 15) is 4.79 Å². The highest BCUT2D eigenvalue weighted by molar-refractivity contribution is 7.99. The zero-order chi connectivity index (χ0) is 12.1. The van der Waals surface area contributed by atoms with Gasteiger partial charge in [0.15, 0.2) is 0 Å². The number of halogens is 2. The van der Waals surface area contributed by atoms with E-state index in [1.54, 1.807) is 11.8 Å². The van der Waals surface area contributed by atoms with E-state index in [0.717, 1.165) is 23.1 Å². The molecule has 0 saturated carbocycles. The van der Waals surface area contributed by atoms with Crippen molar-refractivity contribution >= 4 is 41.7 Å². The molecule has 0 radical (unpaired) electrons. The fraction of sp³-hybridized carbons (Fsp3) is 0.417. The minimum atomic E-state index is -0.0229. The molecule has 1 saturated heterocycles. The lowest BCUT2D eigenvalue weighted by atomic mass is 10.1. The molecule has 100 valence electrons. The number of amides is 1. The van der Waals surface area contributed by atoms with Crippen LogP contribution < -0.4 is 10.6 Å². The Bertz CT molecular complexity index is 380. The molecule has 0 aromatic heterocycles. The molecular formula is C12H16Cl2N2OS. The average Bonchev–Trinajstić information content (AvgIpc) is 2.85. The van der Waals surface area contributed by atoms with Crippen molar-refractivity contribution in [2.24, 2.45) is 0 Å². The molecule has 6 heteroatoms. The van der Waals surface area contributed by atoms with E-state index >= 15 is 0 Å². The lowest BCUT2D eigenvalue weighted by Gasteiger charge is -2.10. The molecule has 1 aromatic carbocycles. The van der Waals surface area contributed by atoms with Gasteiger partial charge in [-0.1, -0.05) is 23.7 Å². The number of benzene rings is 1. The fourth-order valence-corrected chi connectivity index (χ4v) is 2.74. The Hall–Kier alpha value is -0.420. The molecule has 0 spiro atoms. The molecule has 1 fully saturated rings. The summed E-state index contributed by atoms with van der Waals surface area (Å²) in [5, 5.41) is 6.83. The highest BCUT2D eigenvalue weighted by Gasteiger charge is 2.21. The molecule has 0 aliphatic carbocycles. The number of nitrogens with one attached hydrogen (secondary N) is 2. The Morgan fingerprint density at radius 1 is 1.44 bits per heavy atom. The maximum atomic E-state index is 11.7. The normalized spacial score (nSPS) is 18.2. The standard InChI is InChI=1S/C12H15ClN2OS.ClH/c13-10-3-1-9(2-4-10)5-6-14-12(16)11-7-17-8-15-11;/h1-4,11,15H,5-8H2,(H,14,16);1H. The third-order valence-electron chi connectivity index (χ3n) is 2.66. The Kier molecular flexibility index (Phi) is 6.86. The van der Waals surface area contributed by atoms with E-state index in [-0.39, 0.29) is 24.4 Å². The first-order valence-corrected chi connectivity index (χ1v) is 7.12. The summed E-state index contributed by atoms with van der Waals surface area (Å²) < 4.78 is 0.